The molecule has 2 aromatic rings. The van der Waals surface area contributed by atoms with E-state index in [-0.39, 0.29) is 0 Å². The number of hydrogen-bond donors (Lipinski definition) is 2. The van der Waals surface area contributed by atoms with Gasteiger partial charge in [-0.05, 0) is 24.6 Å². The molecule has 0 aliphatic rings. The van der Waals surface area contributed by atoms with Crippen molar-refractivity contribution in [2.45, 2.75) is 26.2 Å². The fourth-order valence-corrected chi connectivity index (χ4v) is 1.54. The van der Waals surface area contributed by atoms with Gasteiger partial charge in [0.25, 0.3) is 0 Å². The Kier molecular flexibility index (Phi) is 2.68. The molecule has 0 aliphatic carbocycles. The van der Waals surface area contributed by atoms with Gasteiger partial charge in [0.1, 0.15) is 5.82 Å². The van der Waals surface area contributed by atoms with Crippen LogP contribution in [0.5, 0.6) is 0 Å². The number of pyridine rings is 1. The van der Waals surface area contributed by atoms with E-state index >= 15 is 0 Å². The van der Waals surface area contributed by atoms with Crippen molar-refractivity contribution in [3.8, 4) is 0 Å². The monoisotopic (exact) mass is 204 g/mol. The molecule has 0 spiro atoms. The van der Waals surface area contributed by atoms with E-state index in [9.17, 15) is 0 Å². The third kappa shape index (κ3) is 1.99. The van der Waals surface area contributed by atoms with Crippen molar-refractivity contribution in [3.63, 3.8) is 0 Å². The van der Waals surface area contributed by atoms with Gasteiger partial charge in [0.15, 0.2) is 5.65 Å². The molecule has 15 heavy (non-hydrogen) atoms. The molecule has 4 heteroatoms. The summed E-state index contributed by atoms with van der Waals surface area (Å²) in [6, 6.07) is 2.08. The van der Waals surface area contributed by atoms with Crippen LogP contribution in [0, 0.1) is 0 Å². The Labute approximate surface area is 88.9 Å². The van der Waals surface area contributed by atoms with Crippen LogP contribution in [-0.2, 0) is 6.42 Å². The van der Waals surface area contributed by atoms with Gasteiger partial charge in [0.2, 0.25) is 0 Å². The first-order chi connectivity index (χ1) is 7.20. The van der Waals surface area contributed by atoms with Gasteiger partial charge in [-0.25, -0.2) is 9.97 Å². The summed E-state index contributed by atoms with van der Waals surface area (Å²) >= 11 is 0. The van der Waals surface area contributed by atoms with Gasteiger partial charge in [0.05, 0.1) is 5.52 Å². The quantitative estimate of drug-likeness (QED) is 0.797. The van der Waals surface area contributed by atoms with Gasteiger partial charge in [-0.3, -0.25) is 0 Å². The fourth-order valence-electron chi connectivity index (χ4n) is 1.54. The zero-order chi connectivity index (χ0) is 10.8. The minimum absolute atomic E-state index is 0.400. The third-order valence-corrected chi connectivity index (χ3v) is 2.39. The smallest absolute Gasteiger partial charge is 0.177 e. The second kappa shape index (κ2) is 3.98. The van der Waals surface area contributed by atoms with Crippen LogP contribution in [0.1, 0.15) is 31.2 Å². The first kappa shape index (κ1) is 10.1. The van der Waals surface area contributed by atoms with Crippen LogP contribution in [0.4, 0.5) is 0 Å². The normalized spacial score (nSPS) is 11.5. The zero-order valence-corrected chi connectivity index (χ0v) is 9.12. The van der Waals surface area contributed by atoms with E-state index < -0.39 is 0 Å². The summed E-state index contributed by atoms with van der Waals surface area (Å²) in [5.41, 5.74) is 8.46. The number of nitrogens with one attached hydrogen (secondary N) is 1. The molecule has 0 fully saturated rings. The molecule has 3 N–H and O–H groups in total. The van der Waals surface area contributed by atoms with E-state index in [1.165, 1.54) is 0 Å². The van der Waals surface area contributed by atoms with Crippen LogP contribution >= 0.6 is 0 Å². The lowest BCUT2D eigenvalue weighted by molar-refractivity contribution is 0.798. The summed E-state index contributed by atoms with van der Waals surface area (Å²) in [5, 5.41) is 0. The van der Waals surface area contributed by atoms with E-state index in [2.05, 4.69) is 34.9 Å². The lowest BCUT2D eigenvalue weighted by atomic mass is 10.2. The van der Waals surface area contributed by atoms with Crippen LogP contribution in [-0.4, -0.2) is 21.5 Å². The maximum Gasteiger partial charge on any atom is 0.177 e. The maximum absolute atomic E-state index is 5.50. The van der Waals surface area contributed by atoms with E-state index in [1.54, 1.807) is 0 Å². The molecule has 0 aromatic carbocycles. The zero-order valence-electron chi connectivity index (χ0n) is 9.12. The average molecular weight is 204 g/mol. The number of rotatable bonds is 3. The maximum atomic E-state index is 5.50. The van der Waals surface area contributed by atoms with Gasteiger partial charge >= 0.3 is 0 Å². The predicted octanol–water partition coefficient (Wildman–Crippen LogP) is 1.58. The van der Waals surface area contributed by atoms with Crippen LogP contribution in [0.25, 0.3) is 11.2 Å². The fraction of sp³-hybridized carbons (Fsp3) is 0.455. The molecular formula is C11H16N4. The van der Waals surface area contributed by atoms with E-state index in [1.807, 2.05) is 6.20 Å². The largest absolute Gasteiger partial charge is 0.340 e. The Morgan fingerprint density at radius 2 is 2.27 bits per heavy atom. The molecule has 0 atom stereocenters. The molecule has 2 aromatic heterocycles. The lowest BCUT2D eigenvalue weighted by Gasteiger charge is -1.96. The van der Waals surface area contributed by atoms with E-state index in [4.69, 9.17) is 5.73 Å². The highest BCUT2D eigenvalue weighted by Gasteiger charge is 2.07. The summed E-state index contributed by atoms with van der Waals surface area (Å²) in [6.07, 6.45) is 2.71. The topological polar surface area (TPSA) is 67.6 Å². The van der Waals surface area contributed by atoms with Crippen LogP contribution in [0.2, 0.25) is 0 Å². The molecule has 2 heterocycles. The Balaban J connectivity index is 2.43. The van der Waals surface area contributed by atoms with Crippen molar-refractivity contribution >= 4 is 11.2 Å². The Morgan fingerprint density at radius 3 is 2.93 bits per heavy atom. The third-order valence-electron chi connectivity index (χ3n) is 2.39. The van der Waals surface area contributed by atoms with Crippen molar-refractivity contribution in [2.75, 3.05) is 6.54 Å². The van der Waals surface area contributed by atoms with Gasteiger partial charge in [0, 0.05) is 12.1 Å². The van der Waals surface area contributed by atoms with Gasteiger partial charge in [-0.1, -0.05) is 13.8 Å². The van der Waals surface area contributed by atoms with Crippen molar-refractivity contribution in [2.24, 2.45) is 5.73 Å². The van der Waals surface area contributed by atoms with Gasteiger partial charge in [-0.15, -0.1) is 0 Å². The summed E-state index contributed by atoms with van der Waals surface area (Å²) < 4.78 is 0. The number of fused-ring (bicyclic) bond motifs is 1. The summed E-state index contributed by atoms with van der Waals surface area (Å²) in [6.45, 7) is 4.87. The van der Waals surface area contributed by atoms with E-state index in [0.717, 1.165) is 29.0 Å². The first-order valence-corrected chi connectivity index (χ1v) is 5.25. The molecular weight excluding hydrogens is 188 g/mol. The van der Waals surface area contributed by atoms with Crippen LogP contribution in [0.15, 0.2) is 12.3 Å². The number of nitrogens with two attached hydrogens (primary N) is 1. The summed E-state index contributed by atoms with van der Waals surface area (Å²) in [7, 11) is 0. The van der Waals surface area contributed by atoms with Crippen LogP contribution < -0.4 is 5.73 Å². The lowest BCUT2D eigenvalue weighted by Crippen LogP contribution is -2.02. The predicted molar refractivity (Wildman–Crippen MR) is 60.7 cm³/mol. The highest BCUT2D eigenvalue weighted by molar-refractivity contribution is 5.71. The molecule has 4 nitrogen and oxygen atoms in total. The minimum Gasteiger partial charge on any atom is -0.340 e. The Hall–Kier alpha value is -1.42. The Bertz CT molecular complexity index is 459. The number of aromatic amines is 1. The molecule has 0 aliphatic heterocycles. The highest BCUT2D eigenvalue weighted by atomic mass is 15.0. The standard InChI is InChI=1S/C11H16N4/c1-7(2)10-14-9-5-8(3-4-12)6-13-11(9)15-10/h5-7H,3-4,12H2,1-2H3,(H,13,14,15). The second-order valence-electron chi connectivity index (χ2n) is 4.03. The number of imidazole rings is 1. The van der Waals surface area contributed by atoms with Crippen molar-refractivity contribution < 1.29 is 0 Å². The molecule has 2 rings (SSSR count). The van der Waals surface area contributed by atoms with Crippen molar-refractivity contribution in [1.29, 1.82) is 0 Å². The van der Waals surface area contributed by atoms with Crippen molar-refractivity contribution in [3.05, 3.63) is 23.7 Å². The number of aromatic nitrogens is 3. The highest BCUT2D eigenvalue weighted by Crippen LogP contribution is 2.16. The summed E-state index contributed by atoms with van der Waals surface area (Å²) in [5.74, 6) is 1.39. The second-order valence-corrected chi connectivity index (χ2v) is 4.03. The van der Waals surface area contributed by atoms with Crippen LogP contribution in [0.3, 0.4) is 0 Å². The molecule has 0 bridgehead atoms. The molecule has 0 saturated heterocycles. The molecule has 0 unspecified atom stereocenters. The molecule has 0 saturated carbocycles. The van der Waals surface area contributed by atoms with Gasteiger partial charge < -0.3 is 10.7 Å². The first-order valence-electron chi connectivity index (χ1n) is 5.25. The number of hydrogen-bond acceptors (Lipinski definition) is 3. The molecule has 0 radical (unpaired) electrons. The van der Waals surface area contributed by atoms with E-state index in [0.29, 0.717) is 12.5 Å². The Morgan fingerprint density at radius 1 is 1.47 bits per heavy atom. The average Bonchev–Trinajstić information content (AvgIpc) is 2.61. The summed E-state index contributed by atoms with van der Waals surface area (Å²) in [4.78, 5) is 12.0. The SMILES string of the molecule is CC(C)c1nc2ncc(CCN)cc2[nH]1. The molecule has 80 valence electrons. The number of H-pyrrole nitrogens is 1. The molecule has 0 amide bonds. The van der Waals surface area contributed by atoms with Gasteiger partial charge in [-0.2, -0.15) is 0 Å². The minimum atomic E-state index is 0.400. The van der Waals surface area contributed by atoms with Crippen molar-refractivity contribution in [1.82, 2.24) is 15.0 Å². The number of nitrogens with zero attached hydrogens (tertiary/aromatic N) is 2.